The van der Waals surface area contributed by atoms with Crippen LogP contribution in [0, 0.1) is 22.7 Å². The van der Waals surface area contributed by atoms with E-state index in [9.17, 15) is 4.79 Å². The van der Waals surface area contributed by atoms with E-state index in [1.165, 1.54) is 19.1 Å². The van der Waals surface area contributed by atoms with Gasteiger partial charge in [-0.05, 0) is 29.6 Å². The molecule has 0 bridgehead atoms. The molecule has 1 heteroatoms. The van der Waals surface area contributed by atoms with E-state index in [1.54, 1.807) is 0 Å². The third-order valence-electron chi connectivity index (χ3n) is 5.08. The van der Waals surface area contributed by atoms with Crippen molar-refractivity contribution in [3.63, 3.8) is 0 Å². The van der Waals surface area contributed by atoms with E-state index < -0.39 is 0 Å². The van der Waals surface area contributed by atoms with E-state index in [4.69, 9.17) is 0 Å². The number of hydrogen-bond acceptors (Lipinski definition) is 1. The number of hydrogen-bond donors (Lipinski definition) is 0. The van der Waals surface area contributed by atoms with Gasteiger partial charge in [-0.15, -0.1) is 0 Å². The summed E-state index contributed by atoms with van der Waals surface area (Å²) in [6.07, 6.45) is 5.59. The molecule has 0 aromatic heterocycles. The van der Waals surface area contributed by atoms with Crippen molar-refractivity contribution in [1.82, 2.24) is 0 Å². The fourth-order valence-corrected chi connectivity index (χ4v) is 2.38. The Hall–Kier alpha value is -0.330. The van der Waals surface area contributed by atoms with E-state index in [1.807, 2.05) is 0 Å². The van der Waals surface area contributed by atoms with Crippen LogP contribution in [0.5, 0.6) is 0 Å². The largest absolute Gasteiger partial charge is 0.303 e. The van der Waals surface area contributed by atoms with Crippen LogP contribution in [0.2, 0.25) is 0 Å². The van der Waals surface area contributed by atoms with Gasteiger partial charge < -0.3 is 4.79 Å². The molecule has 0 saturated carbocycles. The second-order valence-electron chi connectivity index (χ2n) is 7.00. The van der Waals surface area contributed by atoms with Gasteiger partial charge in [0.05, 0.1) is 0 Å². The molecule has 0 aromatic carbocycles. The summed E-state index contributed by atoms with van der Waals surface area (Å²) in [6.45, 7) is 16.0. The van der Waals surface area contributed by atoms with Crippen LogP contribution < -0.4 is 0 Å². The minimum atomic E-state index is 0.209. The summed E-state index contributed by atoms with van der Waals surface area (Å²) in [4.78, 5) is 11.2. The fraction of sp³-hybridized carbons (Fsp3) is 0.938. The Balaban J connectivity index is 4.65. The molecule has 1 atom stereocenters. The van der Waals surface area contributed by atoms with Gasteiger partial charge >= 0.3 is 0 Å². The molecule has 0 aromatic rings. The van der Waals surface area contributed by atoms with Crippen LogP contribution in [0.15, 0.2) is 0 Å². The summed E-state index contributed by atoms with van der Waals surface area (Å²) in [5.41, 5.74) is 0.473. The lowest BCUT2D eigenvalue weighted by Gasteiger charge is -2.46. The van der Waals surface area contributed by atoms with Crippen LogP contribution in [-0.4, -0.2) is 6.29 Å². The van der Waals surface area contributed by atoms with Crippen LogP contribution in [0.1, 0.15) is 74.1 Å². The van der Waals surface area contributed by atoms with E-state index in [0.717, 1.165) is 12.8 Å². The van der Waals surface area contributed by atoms with Gasteiger partial charge in [0.25, 0.3) is 0 Å². The Morgan fingerprint density at radius 2 is 1.65 bits per heavy atom. The van der Waals surface area contributed by atoms with Gasteiger partial charge in [-0.1, -0.05) is 61.3 Å². The quantitative estimate of drug-likeness (QED) is 0.540. The summed E-state index contributed by atoms with van der Waals surface area (Å²) in [5.74, 6) is 0.874. The molecule has 102 valence electrons. The third kappa shape index (κ3) is 4.44. The highest BCUT2D eigenvalue weighted by Gasteiger charge is 2.40. The lowest BCUT2D eigenvalue weighted by atomic mass is 9.59. The van der Waals surface area contributed by atoms with Crippen molar-refractivity contribution in [3.05, 3.63) is 0 Å². The molecule has 0 aliphatic rings. The van der Waals surface area contributed by atoms with E-state index in [2.05, 4.69) is 48.5 Å². The second kappa shape index (κ2) is 6.56. The zero-order chi connectivity index (χ0) is 13.7. The predicted octanol–water partition coefficient (Wildman–Crippen LogP) is 5.09. The van der Waals surface area contributed by atoms with Gasteiger partial charge in [0.15, 0.2) is 0 Å². The van der Waals surface area contributed by atoms with Crippen LogP contribution in [0.25, 0.3) is 0 Å². The zero-order valence-electron chi connectivity index (χ0n) is 13.0. The maximum Gasteiger partial charge on any atom is 0.123 e. The number of carbonyl (C=O) groups is 1. The number of aldehydes is 1. The molecule has 1 nitrogen and oxygen atoms in total. The predicted molar refractivity (Wildman–Crippen MR) is 76.1 cm³/mol. The third-order valence-corrected chi connectivity index (χ3v) is 5.08. The van der Waals surface area contributed by atoms with Crippen LogP contribution in [0.3, 0.4) is 0 Å². The smallest absolute Gasteiger partial charge is 0.123 e. The van der Waals surface area contributed by atoms with Crippen LogP contribution in [0.4, 0.5) is 0 Å². The van der Waals surface area contributed by atoms with Crippen molar-refractivity contribution in [3.8, 4) is 0 Å². The Morgan fingerprint density at radius 1 is 1.12 bits per heavy atom. The summed E-state index contributed by atoms with van der Waals surface area (Å²) in [6, 6.07) is 0. The molecule has 0 rings (SSSR count). The average Bonchev–Trinajstić information content (AvgIpc) is 2.23. The highest BCUT2D eigenvalue weighted by molar-refractivity contribution is 5.53. The monoisotopic (exact) mass is 240 g/mol. The lowest BCUT2D eigenvalue weighted by Crippen LogP contribution is -2.38. The topological polar surface area (TPSA) is 17.1 Å². The molecular weight excluding hydrogens is 208 g/mol. The first-order valence-corrected chi connectivity index (χ1v) is 7.14. The highest BCUT2D eigenvalue weighted by Crippen LogP contribution is 2.48. The first kappa shape index (κ1) is 16.7. The lowest BCUT2D eigenvalue weighted by molar-refractivity contribution is -0.113. The summed E-state index contributed by atoms with van der Waals surface area (Å²) in [5, 5.41) is 0. The van der Waals surface area contributed by atoms with Gasteiger partial charge in [0.2, 0.25) is 0 Å². The molecule has 0 spiro atoms. The highest BCUT2D eigenvalue weighted by atomic mass is 16.1. The normalized spacial score (nSPS) is 15.1. The van der Waals surface area contributed by atoms with Gasteiger partial charge in [-0.2, -0.15) is 0 Å². The van der Waals surface area contributed by atoms with Crippen molar-refractivity contribution in [2.45, 2.75) is 74.1 Å². The summed E-state index contributed by atoms with van der Waals surface area (Å²) < 4.78 is 0. The Kier molecular flexibility index (Phi) is 6.43. The van der Waals surface area contributed by atoms with Crippen molar-refractivity contribution in [2.24, 2.45) is 22.7 Å². The zero-order valence-corrected chi connectivity index (χ0v) is 13.0. The molecule has 17 heavy (non-hydrogen) atoms. The van der Waals surface area contributed by atoms with Crippen LogP contribution >= 0.6 is 0 Å². The molecule has 0 saturated heterocycles. The maximum atomic E-state index is 11.2. The molecule has 0 amide bonds. The van der Waals surface area contributed by atoms with E-state index in [-0.39, 0.29) is 16.7 Å². The Morgan fingerprint density at radius 3 is 2.00 bits per heavy atom. The standard InChI is InChI=1S/C16H32O/c1-8-9-10-14(12-17)11-15(4,5)16(6,7)13(2)3/h12-14H,8-11H2,1-7H3. The van der Waals surface area contributed by atoms with Gasteiger partial charge in [-0.25, -0.2) is 0 Å². The van der Waals surface area contributed by atoms with E-state index >= 15 is 0 Å². The average molecular weight is 240 g/mol. The van der Waals surface area contributed by atoms with Gasteiger partial charge in [0.1, 0.15) is 6.29 Å². The van der Waals surface area contributed by atoms with Gasteiger partial charge in [-0.3, -0.25) is 0 Å². The Bertz CT molecular complexity index is 226. The molecule has 0 N–H and O–H groups in total. The number of rotatable bonds is 8. The van der Waals surface area contributed by atoms with Crippen molar-refractivity contribution in [2.75, 3.05) is 0 Å². The van der Waals surface area contributed by atoms with Crippen molar-refractivity contribution < 1.29 is 4.79 Å². The second-order valence-corrected chi connectivity index (χ2v) is 7.00. The molecule has 1 unspecified atom stereocenters. The minimum absolute atomic E-state index is 0.209. The van der Waals surface area contributed by atoms with E-state index in [0.29, 0.717) is 5.92 Å². The SMILES string of the molecule is CCCCC(C=O)CC(C)(C)C(C)(C)C(C)C. The maximum absolute atomic E-state index is 11.2. The minimum Gasteiger partial charge on any atom is -0.303 e. The number of carbonyl (C=O) groups excluding carboxylic acids is 1. The molecule has 0 heterocycles. The molecule has 0 radical (unpaired) electrons. The fourth-order valence-electron chi connectivity index (χ4n) is 2.38. The number of unbranched alkanes of at least 4 members (excludes halogenated alkanes) is 1. The summed E-state index contributed by atoms with van der Waals surface area (Å²) >= 11 is 0. The molecule has 0 fully saturated rings. The molecule has 0 aliphatic heterocycles. The Labute approximate surface area is 108 Å². The van der Waals surface area contributed by atoms with Crippen molar-refractivity contribution >= 4 is 6.29 Å². The molecule has 0 aliphatic carbocycles. The van der Waals surface area contributed by atoms with Crippen molar-refractivity contribution in [1.29, 1.82) is 0 Å². The first-order valence-electron chi connectivity index (χ1n) is 7.14. The molecular formula is C16H32O. The first-order chi connectivity index (χ1) is 7.69. The van der Waals surface area contributed by atoms with Crippen LogP contribution in [-0.2, 0) is 4.79 Å². The summed E-state index contributed by atoms with van der Waals surface area (Å²) in [7, 11) is 0. The van der Waals surface area contributed by atoms with Gasteiger partial charge in [0, 0.05) is 5.92 Å².